The molecule has 0 saturated carbocycles. The first-order valence-corrected chi connectivity index (χ1v) is 23.3. The highest BCUT2D eigenvalue weighted by Crippen LogP contribution is 2.51. The van der Waals surface area contributed by atoms with Gasteiger partial charge in [-0.05, 0) is 139 Å². The van der Waals surface area contributed by atoms with Crippen LogP contribution in [0.3, 0.4) is 0 Å². The summed E-state index contributed by atoms with van der Waals surface area (Å²) in [7, 11) is 0. The molecule has 2 aliphatic rings. The molecule has 8 aromatic rings. The Bertz CT molecular complexity index is 3070. The van der Waals surface area contributed by atoms with Crippen molar-refractivity contribution in [3.05, 3.63) is 203 Å². The van der Waals surface area contributed by atoms with E-state index in [0.29, 0.717) is 0 Å². The van der Waals surface area contributed by atoms with Gasteiger partial charge in [0.2, 0.25) is 0 Å². The van der Waals surface area contributed by atoms with Gasteiger partial charge in [-0.15, -0.1) is 0 Å². The number of nitrogens with zero attached hydrogens (tertiary/aromatic N) is 3. The van der Waals surface area contributed by atoms with Gasteiger partial charge in [0.15, 0.2) is 0 Å². The average Bonchev–Trinajstić information content (AvgIpc) is 3.27. The van der Waals surface area contributed by atoms with Gasteiger partial charge in [-0.3, -0.25) is 0 Å². The van der Waals surface area contributed by atoms with Crippen molar-refractivity contribution in [2.45, 2.75) is 87.0 Å². The van der Waals surface area contributed by atoms with E-state index in [1.807, 2.05) is 0 Å². The van der Waals surface area contributed by atoms with Gasteiger partial charge in [0.1, 0.15) is 0 Å². The molecule has 65 heavy (non-hydrogen) atoms. The number of benzene rings is 8. The van der Waals surface area contributed by atoms with Crippen molar-refractivity contribution in [3.8, 4) is 11.1 Å². The molecule has 322 valence electrons. The molecule has 2 aliphatic heterocycles. The Morgan fingerprint density at radius 3 is 1.35 bits per heavy atom. The Morgan fingerprint density at radius 2 is 0.831 bits per heavy atom. The van der Waals surface area contributed by atoms with Crippen LogP contribution in [0.2, 0.25) is 0 Å². The largest absolute Gasteiger partial charge is 0.311 e. The Labute approximate surface area is 388 Å². The monoisotopic (exact) mass is 845 g/mol. The Morgan fingerprint density at radius 1 is 0.400 bits per heavy atom. The number of para-hydroxylation sites is 2. The van der Waals surface area contributed by atoms with E-state index in [4.69, 9.17) is 0 Å². The van der Waals surface area contributed by atoms with Gasteiger partial charge in [-0.1, -0.05) is 172 Å². The maximum atomic E-state index is 2.60. The van der Waals surface area contributed by atoms with Crippen LogP contribution in [0.25, 0.3) is 11.1 Å². The number of fused-ring (bicyclic) bond motifs is 4. The molecule has 0 radical (unpaired) electrons. The lowest BCUT2D eigenvalue weighted by molar-refractivity contribution is 0.587. The second-order valence-corrected chi connectivity index (χ2v) is 20.7. The van der Waals surface area contributed by atoms with Crippen LogP contribution in [0.4, 0.5) is 51.2 Å². The van der Waals surface area contributed by atoms with Crippen LogP contribution >= 0.6 is 0 Å². The molecule has 0 unspecified atom stereocenters. The van der Waals surface area contributed by atoms with E-state index < -0.39 is 0 Å². The minimum absolute atomic E-state index is 0.00208. The van der Waals surface area contributed by atoms with E-state index in [1.54, 1.807) is 0 Å². The summed E-state index contributed by atoms with van der Waals surface area (Å²) in [6.07, 6.45) is 0. The Hall–Kier alpha value is -6.78. The van der Waals surface area contributed by atoms with Gasteiger partial charge >= 0.3 is 0 Å². The van der Waals surface area contributed by atoms with Crippen LogP contribution in [0.5, 0.6) is 0 Å². The molecule has 0 aromatic heterocycles. The quantitative estimate of drug-likeness (QED) is 0.154. The molecule has 0 aliphatic carbocycles. The van der Waals surface area contributed by atoms with Crippen molar-refractivity contribution >= 4 is 74.3 Å². The van der Waals surface area contributed by atoms with Gasteiger partial charge in [0, 0.05) is 45.4 Å². The molecular weight excluding hydrogens is 786 g/mol. The molecule has 0 bridgehead atoms. The molecule has 8 aromatic carbocycles. The lowest BCUT2D eigenvalue weighted by atomic mass is 9.33. The number of aryl methyl sites for hydroxylation is 5. The third-order valence-corrected chi connectivity index (χ3v) is 13.6. The SMILES string of the molecule is Cc1ccc(-c2cc(C)ccc2N2c3ccc(C)cc3B3c4cc(C)ccc4N(c4ccc(C)cc4)c4cc(N(c5ccccc5C(C)(C)C)c5ccccc5C(C)(C)C)cc2c43)cc1. The summed E-state index contributed by atoms with van der Waals surface area (Å²) in [4.78, 5) is 7.72. The minimum Gasteiger partial charge on any atom is -0.311 e. The maximum Gasteiger partial charge on any atom is 0.252 e. The fourth-order valence-corrected chi connectivity index (χ4v) is 10.4. The molecule has 0 spiro atoms. The number of hydrogen-bond acceptors (Lipinski definition) is 3. The second kappa shape index (κ2) is 15.7. The summed E-state index contributed by atoms with van der Waals surface area (Å²) in [5.74, 6) is 0. The fraction of sp³-hybridized carbons (Fsp3) is 0.213. The van der Waals surface area contributed by atoms with Crippen molar-refractivity contribution in [2.75, 3.05) is 14.7 Å². The summed E-state index contributed by atoms with van der Waals surface area (Å²) < 4.78 is 0. The highest BCUT2D eigenvalue weighted by Gasteiger charge is 2.45. The molecule has 0 amide bonds. The van der Waals surface area contributed by atoms with Crippen LogP contribution in [0, 0.1) is 34.6 Å². The highest BCUT2D eigenvalue weighted by molar-refractivity contribution is 7.00. The van der Waals surface area contributed by atoms with Crippen LogP contribution in [-0.4, -0.2) is 6.71 Å². The zero-order chi connectivity index (χ0) is 45.5. The number of anilines is 9. The lowest BCUT2D eigenvalue weighted by Crippen LogP contribution is -2.61. The van der Waals surface area contributed by atoms with Gasteiger partial charge in [0.05, 0.1) is 11.4 Å². The zero-order valence-corrected chi connectivity index (χ0v) is 40.0. The third-order valence-electron chi connectivity index (χ3n) is 13.6. The van der Waals surface area contributed by atoms with Crippen LogP contribution < -0.4 is 31.1 Å². The van der Waals surface area contributed by atoms with E-state index in [-0.39, 0.29) is 17.5 Å². The van der Waals surface area contributed by atoms with Crippen LogP contribution in [0.1, 0.15) is 80.5 Å². The predicted octanol–water partition coefficient (Wildman–Crippen LogP) is 15.0. The smallest absolute Gasteiger partial charge is 0.252 e. The first-order chi connectivity index (χ1) is 31.1. The second-order valence-electron chi connectivity index (χ2n) is 20.7. The molecule has 2 heterocycles. The lowest BCUT2D eigenvalue weighted by Gasteiger charge is -2.45. The standard InChI is InChI=1S/C61H60BN3/c1-39-20-27-44(28-21-39)47-34-41(3)24-31-52(47)65-56-33-26-43(5)36-51(56)62-50-35-42(4)25-32-55(50)63(45-29-22-40(2)23-30-45)57-37-46(38-58(65)59(57)62)64(53-18-14-12-16-48(53)60(6,7)8)54-19-15-13-17-49(54)61(9,10)11/h12-38H,1-11H3. The highest BCUT2D eigenvalue weighted by atomic mass is 15.2. The van der Waals surface area contributed by atoms with Crippen LogP contribution in [0.15, 0.2) is 164 Å². The molecule has 0 saturated heterocycles. The number of rotatable bonds is 6. The zero-order valence-electron chi connectivity index (χ0n) is 40.0. The third kappa shape index (κ3) is 7.34. The van der Waals surface area contributed by atoms with E-state index in [1.165, 1.54) is 101 Å². The van der Waals surface area contributed by atoms with Crippen molar-refractivity contribution in [3.63, 3.8) is 0 Å². The van der Waals surface area contributed by atoms with E-state index in [2.05, 4.69) is 255 Å². The van der Waals surface area contributed by atoms with Gasteiger partial charge in [0.25, 0.3) is 6.71 Å². The van der Waals surface area contributed by atoms with Crippen molar-refractivity contribution in [1.82, 2.24) is 0 Å². The Kier molecular flexibility index (Phi) is 10.2. The molecule has 10 rings (SSSR count). The van der Waals surface area contributed by atoms with Gasteiger partial charge in [-0.2, -0.15) is 0 Å². The van der Waals surface area contributed by atoms with E-state index in [9.17, 15) is 0 Å². The summed E-state index contributed by atoms with van der Waals surface area (Å²) in [6, 6.07) is 62.5. The van der Waals surface area contributed by atoms with Gasteiger partial charge < -0.3 is 14.7 Å². The molecule has 0 fully saturated rings. The van der Waals surface area contributed by atoms with Gasteiger partial charge in [-0.25, -0.2) is 0 Å². The first-order valence-electron chi connectivity index (χ1n) is 23.3. The topological polar surface area (TPSA) is 9.72 Å². The minimum atomic E-state index is -0.127. The molecule has 0 atom stereocenters. The average molecular weight is 846 g/mol. The van der Waals surface area contributed by atoms with E-state index in [0.717, 1.165) is 17.1 Å². The van der Waals surface area contributed by atoms with Crippen molar-refractivity contribution < 1.29 is 0 Å². The summed E-state index contributed by atoms with van der Waals surface area (Å²) in [5.41, 5.74) is 25.6. The normalized spacial score (nSPS) is 13.1. The van der Waals surface area contributed by atoms with E-state index >= 15 is 0 Å². The first kappa shape index (κ1) is 42.2. The van der Waals surface area contributed by atoms with Crippen molar-refractivity contribution in [2.24, 2.45) is 0 Å². The Balaban J connectivity index is 1.39. The molecule has 3 nitrogen and oxygen atoms in total. The number of hydrogen-bond donors (Lipinski definition) is 0. The summed E-state index contributed by atoms with van der Waals surface area (Å²) in [5, 5.41) is 0. The maximum absolute atomic E-state index is 2.60. The fourth-order valence-electron chi connectivity index (χ4n) is 10.4. The molecular formula is C61H60BN3. The summed E-state index contributed by atoms with van der Waals surface area (Å²) in [6.45, 7) is 25.1. The van der Waals surface area contributed by atoms with Crippen molar-refractivity contribution in [1.29, 1.82) is 0 Å². The predicted molar refractivity (Wildman–Crippen MR) is 282 cm³/mol. The molecule has 4 heteroatoms. The summed E-state index contributed by atoms with van der Waals surface area (Å²) >= 11 is 0. The van der Waals surface area contributed by atoms with Crippen LogP contribution in [-0.2, 0) is 10.8 Å². The molecule has 0 N–H and O–H groups in total.